The van der Waals surface area contributed by atoms with Crippen LogP contribution in [-0.2, 0) is 10.0 Å². The molecule has 1 aromatic carbocycles. The van der Waals surface area contributed by atoms with Crippen LogP contribution < -0.4 is 0 Å². The maximum atomic E-state index is 11.8. The number of rotatable bonds is 3. The van der Waals surface area contributed by atoms with Crippen molar-refractivity contribution in [3.8, 4) is 0 Å². The summed E-state index contributed by atoms with van der Waals surface area (Å²) in [5, 5.41) is 0. The van der Waals surface area contributed by atoms with Crippen LogP contribution in [-0.4, -0.2) is 14.6 Å². The lowest BCUT2D eigenvalue weighted by Crippen LogP contribution is -1.97. The van der Waals surface area contributed by atoms with Crippen LogP contribution in [0.2, 0.25) is 0 Å². The molecule has 0 saturated carbocycles. The number of hydrogen-bond acceptors (Lipinski definition) is 3. The fourth-order valence-electron chi connectivity index (χ4n) is 1.25. The van der Waals surface area contributed by atoms with Gasteiger partial charge in [0.25, 0.3) is 10.0 Å². The Morgan fingerprint density at radius 2 is 1.88 bits per heavy atom. The average molecular weight is 249 g/mol. The minimum absolute atomic E-state index is 0.183. The third kappa shape index (κ3) is 2.82. The highest BCUT2D eigenvalue weighted by Gasteiger charge is 2.10. The smallest absolute Gasteiger partial charge is 0.282 e. The maximum Gasteiger partial charge on any atom is 0.282 e. The van der Waals surface area contributed by atoms with Gasteiger partial charge < -0.3 is 4.42 Å². The number of benzene rings is 1. The van der Waals surface area contributed by atoms with Crippen molar-refractivity contribution >= 4 is 16.2 Å². The van der Waals surface area contributed by atoms with Crippen molar-refractivity contribution in [1.82, 2.24) is 0 Å². The summed E-state index contributed by atoms with van der Waals surface area (Å²) in [6.45, 7) is 1.89. The molecule has 1 aromatic heterocycles. The first-order valence-corrected chi connectivity index (χ1v) is 6.41. The summed E-state index contributed by atoms with van der Waals surface area (Å²) >= 11 is 0. The summed E-state index contributed by atoms with van der Waals surface area (Å²) in [5.41, 5.74) is 1.61. The van der Waals surface area contributed by atoms with Crippen molar-refractivity contribution in [3.05, 3.63) is 54.0 Å². The molecule has 0 atom stereocenters. The van der Waals surface area contributed by atoms with Gasteiger partial charge in [0.2, 0.25) is 0 Å². The molecular formula is C12H11NO3S. The van der Waals surface area contributed by atoms with Crippen molar-refractivity contribution in [1.29, 1.82) is 0 Å². The number of hydrogen-bond donors (Lipinski definition) is 0. The normalized spacial score (nSPS) is 12.1. The zero-order valence-electron chi connectivity index (χ0n) is 9.20. The first-order valence-electron chi connectivity index (χ1n) is 4.97. The molecule has 0 spiro atoms. The molecule has 0 unspecified atom stereocenters. The minimum Gasteiger partial charge on any atom is -0.472 e. The molecule has 0 N–H and O–H groups in total. The van der Waals surface area contributed by atoms with Gasteiger partial charge in [-0.2, -0.15) is 12.8 Å². The number of sulfonamides is 1. The Morgan fingerprint density at radius 1 is 1.18 bits per heavy atom. The number of nitrogens with zero attached hydrogens (tertiary/aromatic N) is 1. The molecule has 0 saturated heterocycles. The zero-order valence-corrected chi connectivity index (χ0v) is 10.0. The first-order chi connectivity index (χ1) is 8.08. The van der Waals surface area contributed by atoms with E-state index in [0.29, 0.717) is 5.56 Å². The molecule has 2 aromatic rings. The molecule has 0 bridgehead atoms. The lowest BCUT2D eigenvalue weighted by Gasteiger charge is -1.98. The van der Waals surface area contributed by atoms with Gasteiger partial charge in [-0.1, -0.05) is 17.7 Å². The van der Waals surface area contributed by atoms with Crippen molar-refractivity contribution in [2.45, 2.75) is 11.8 Å². The Kier molecular flexibility index (Phi) is 3.10. The van der Waals surface area contributed by atoms with Gasteiger partial charge in [0.1, 0.15) is 0 Å². The van der Waals surface area contributed by atoms with Crippen molar-refractivity contribution < 1.29 is 12.8 Å². The number of furan rings is 1. The molecule has 5 heteroatoms. The third-order valence-corrected chi connectivity index (χ3v) is 3.45. The van der Waals surface area contributed by atoms with E-state index in [1.54, 1.807) is 18.2 Å². The molecule has 4 nitrogen and oxygen atoms in total. The van der Waals surface area contributed by atoms with E-state index in [1.165, 1.54) is 30.9 Å². The lowest BCUT2D eigenvalue weighted by atomic mass is 10.2. The molecule has 1 heterocycles. The van der Waals surface area contributed by atoms with Crippen LogP contribution in [0.15, 0.2) is 56.6 Å². The molecule has 2 rings (SSSR count). The van der Waals surface area contributed by atoms with Crippen LogP contribution in [0, 0.1) is 6.92 Å². The van der Waals surface area contributed by atoms with E-state index in [2.05, 4.69) is 4.40 Å². The molecule has 0 amide bonds. The van der Waals surface area contributed by atoms with Crippen LogP contribution in [0.3, 0.4) is 0 Å². The van der Waals surface area contributed by atoms with E-state index >= 15 is 0 Å². The Balaban J connectivity index is 2.28. The molecule has 0 fully saturated rings. The van der Waals surface area contributed by atoms with E-state index in [0.717, 1.165) is 5.56 Å². The summed E-state index contributed by atoms with van der Waals surface area (Å²) in [6.07, 6.45) is 4.15. The largest absolute Gasteiger partial charge is 0.472 e. The molecule has 0 aliphatic rings. The van der Waals surface area contributed by atoms with E-state index < -0.39 is 10.0 Å². The summed E-state index contributed by atoms with van der Waals surface area (Å²) in [4.78, 5) is 0.183. The van der Waals surface area contributed by atoms with Crippen molar-refractivity contribution in [3.63, 3.8) is 0 Å². The van der Waals surface area contributed by atoms with Crippen molar-refractivity contribution in [2.75, 3.05) is 0 Å². The van der Waals surface area contributed by atoms with E-state index in [1.807, 2.05) is 6.92 Å². The van der Waals surface area contributed by atoms with Gasteiger partial charge in [-0.25, -0.2) is 0 Å². The monoisotopic (exact) mass is 249 g/mol. The summed E-state index contributed by atoms with van der Waals surface area (Å²) in [5.74, 6) is 0. The summed E-state index contributed by atoms with van der Waals surface area (Å²) in [7, 11) is -3.63. The fourth-order valence-corrected chi connectivity index (χ4v) is 2.11. The Labute approximate surface area is 99.7 Å². The minimum atomic E-state index is -3.63. The van der Waals surface area contributed by atoms with Crippen LogP contribution >= 0.6 is 0 Å². The van der Waals surface area contributed by atoms with Gasteiger partial charge in [-0.3, -0.25) is 0 Å². The van der Waals surface area contributed by atoms with Crippen LogP contribution in [0.4, 0.5) is 0 Å². The predicted molar refractivity (Wildman–Crippen MR) is 64.7 cm³/mol. The van der Waals surface area contributed by atoms with Crippen LogP contribution in [0.25, 0.3) is 0 Å². The second-order valence-electron chi connectivity index (χ2n) is 3.58. The molecule has 0 aliphatic carbocycles. The maximum absolute atomic E-state index is 11.8. The van der Waals surface area contributed by atoms with Gasteiger partial charge in [0.05, 0.1) is 23.6 Å². The van der Waals surface area contributed by atoms with Gasteiger partial charge in [-0.15, -0.1) is 0 Å². The van der Waals surface area contributed by atoms with Crippen LogP contribution in [0.5, 0.6) is 0 Å². The molecule has 17 heavy (non-hydrogen) atoms. The predicted octanol–water partition coefficient (Wildman–Crippen LogP) is 2.40. The molecular weight excluding hydrogens is 238 g/mol. The molecule has 88 valence electrons. The Bertz CT molecular complexity index is 610. The van der Waals surface area contributed by atoms with Gasteiger partial charge >= 0.3 is 0 Å². The first kappa shape index (κ1) is 11.6. The second-order valence-corrected chi connectivity index (χ2v) is 5.21. The van der Waals surface area contributed by atoms with Crippen LogP contribution in [0.1, 0.15) is 11.1 Å². The second kappa shape index (κ2) is 4.55. The number of aryl methyl sites for hydroxylation is 1. The highest BCUT2D eigenvalue weighted by Crippen LogP contribution is 2.13. The average Bonchev–Trinajstić information content (AvgIpc) is 2.80. The standard InChI is InChI=1S/C12H11NO3S/c1-10-2-4-12(5-3-10)17(14,15)13-8-11-6-7-16-9-11/h2-9H,1H3/b13-8-. The Morgan fingerprint density at radius 3 is 2.47 bits per heavy atom. The van der Waals surface area contributed by atoms with Crippen molar-refractivity contribution in [2.24, 2.45) is 4.40 Å². The topological polar surface area (TPSA) is 59.6 Å². The highest BCUT2D eigenvalue weighted by molar-refractivity contribution is 7.90. The molecule has 0 aliphatic heterocycles. The van der Waals surface area contributed by atoms with E-state index in [9.17, 15) is 8.42 Å². The van der Waals surface area contributed by atoms with E-state index in [-0.39, 0.29) is 4.90 Å². The van der Waals surface area contributed by atoms with E-state index in [4.69, 9.17) is 4.42 Å². The Hall–Kier alpha value is -1.88. The fraction of sp³-hybridized carbons (Fsp3) is 0.0833. The van der Waals surface area contributed by atoms with Gasteiger partial charge in [-0.05, 0) is 25.1 Å². The quantitative estimate of drug-likeness (QED) is 0.785. The lowest BCUT2D eigenvalue weighted by molar-refractivity contribution is 0.567. The summed E-state index contributed by atoms with van der Waals surface area (Å²) < 4.78 is 32.0. The van der Waals surface area contributed by atoms with Gasteiger partial charge in [0.15, 0.2) is 0 Å². The zero-order chi connectivity index (χ0) is 12.3. The third-order valence-electron chi connectivity index (χ3n) is 2.20. The van der Waals surface area contributed by atoms with Gasteiger partial charge in [0, 0.05) is 5.56 Å². The summed E-state index contributed by atoms with van der Waals surface area (Å²) in [6, 6.07) is 8.18. The SMILES string of the molecule is Cc1ccc(S(=O)(=O)/N=C\c2ccoc2)cc1. The highest BCUT2D eigenvalue weighted by atomic mass is 32.2. The molecule has 0 radical (unpaired) electrons.